The van der Waals surface area contributed by atoms with Gasteiger partial charge >= 0.3 is 0 Å². The van der Waals surface area contributed by atoms with Crippen molar-refractivity contribution in [2.45, 2.75) is 13.5 Å². The van der Waals surface area contributed by atoms with E-state index >= 15 is 0 Å². The van der Waals surface area contributed by atoms with Gasteiger partial charge in [-0.3, -0.25) is 4.99 Å². The van der Waals surface area contributed by atoms with E-state index in [0.717, 1.165) is 22.4 Å². The molecule has 0 N–H and O–H groups in total. The van der Waals surface area contributed by atoms with Gasteiger partial charge in [0.2, 0.25) is 0 Å². The largest absolute Gasteiger partial charge is 0.487 e. The summed E-state index contributed by atoms with van der Waals surface area (Å²) in [5.74, 6) is 0.614. The van der Waals surface area contributed by atoms with Gasteiger partial charge in [0.25, 0.3) is 0 Å². The number of hydrogen-bond acceptors (Lipinski definition) is 2. The minimum absolute atomic E-state index is 0.398. The first-order valence-corrected chi connectivity index (χ1v) is 9.12. The first-order valence-electron chi connectivity index (χ1n) is 7.98. The maximum absolute atomic E-state index is 6.33. The number of hydrogen-bond donors (Lipinski definition) is 0. The maximum Gasteiger partial charge on any atom is 0.138 e. The highest BCUT2D eigenvalue weighted by atomic mass is 35.5. The zero-order valence-electron chi connectivity index (χ0n) is 14.0. The second-order valence-corrected chi connectivity index (χ2v) is 7.08. The zero-order valence-corrected chi connectivity index (χ0v) is 16.3. The van der Waals surface area contributed by atoms with Gasteiger partial charge in [0.05, 0.1) is 10.7 Å². The minimum atomic E-state index is 0.398. The average molecular weight is 405 g/mol. The lowest BCUT2D eigenvalue weighted by Crippen LogP contribution is -1.96. The zero-order chi connectivity index (χ0) is 18.5. The van der Waals surface area contributed by atoms with Gasteiger partial charge in [-0.15, -0.1) is 0 Å². The van der Waals surface area contributed by atoms with Crippen LogP contribution >= 0.6 is 34.8 Å². The number of aryl methyl sites for hydroxylation is 1. The predicted molar refractivity (Wildman–Crippen MR) is 111 cm³/mol. The first kappa shape index (κ1) is 18.8. The molecule has 3 aromatic carbocycles. The van der Waals surface area contributed by atoms with E-state index in [1.54, 1.807) is 6.21 Å². The summed E-state index contributed by atoms with van der Waals surface area (Å²) in [6.07, 6.45) is 1.76. The van der Waals surface area contributed by atoms with Crippen LogP contribution in [0.2, 0.25) is 15.1 Å². The Morgan fingerprint density at radius 3 is 2.50 bits per heavy atom. The molecular weight excluding hydrogens is 389 g/mol. The standard InChI is InChI=1S/C21H16Cl3NO/c1-14-5-7-18(23)11-20(14)25-12-15-6-8-21(19(24)10-15)26-13-16-3-2-4-17(22)9-16/h2-12H,13H2,1H3. The van der Waals surface area contributed by atoms with E-state index in [-0.39, 0.29) is 0 Å². The van der Waals surface area contributed by atoms with E-state index in [1.807, 2.05) is 67.6 Å². The quantitative estimate of drug-likeness (QED) is 0.409. The molecule has 0 amide bonds. The Hall–Kier alpha value is -2.00. The van der Waals surface area contributed by atoms with E-state index in [0.29, 0.717) is 27.4 Å². The third-order valence-electron chi connectivity index (χ3n) is 3.76. The van der Waals surface area contributed by atoms with Crippen LogP contribution in [0.4, 0.5) is 5.69 Å². The van der Waals surface area contributed by atoms with Crippen molar-refractivity contribution in [3.05, 3.63) is 92.4 Å². The fraction of sp³-hybridized carbons (Fsp3) is 0.0952. The van der Waals surface area contributed by atoms with Crippen LogP contribution in [0.15, 0.2) is 65.7 Å². The number of benzene rings is 3. The molecule has 0 aromatic heterocycles. The van der Waals surface area contributed by atoms with Crippen LogP contribution in [0.25, 0.3) is 0 Å². The number of ether oxygens (including phenoxy) is 1. The molecular formula is C21H16Cl3NO. The van der Waals surface area contributed by atoms with Crippen LogP contribution in [0.5, 0.6) is 5.75 Å². The molecule has 0 aliphatic heterocycles. The molecule has 26 heavy (non-hydrogen) atoms. The Bertz CT molecular complexity index is 954. The molecule has 3 aromatic rings. The van der Waals surface area contributed by atoms with E-state index in [4.69, 9.17) is 39.5 Å². The Morgan fingerprint density at radius 2 is 1.73 bits per heavy atom. The highest BCUT2D eigenvalue weighted by molar-refractivity contribution is 6.32. The summed E-state index contributed by atoms with van der Waals surface area (Å²) in [5.41, 5.74) is 3.74. The van der Waals surface area contributed by atoms with E-state index in [2.05, 4.69) is 4.99 Å². The van der Waals surface area contributed by atoms with Crippen molar-refractivity contribution in [3.63, 3.8) is 0 Å². The van der Waals surface area contributed by atoms with Gasteiger partial charge in [-0.25, -0.2) is 0 Å². The van der Waals surface area contributed by atoms with Crippen molar-refractivity contribution in [3.8, 4) is 5.75 Å². The lowest BCUT2D eigenvalue weighted by molar-refractivity contribution is 0.306. The van der Waals surface area contributed by atoms with Gasteiger partial charge in [0.1, 0.15) is 12.4 Å². The SMILES string of the molecule is Cc1ccc(Cl)cc1N=Cc1ccc(OCc2cccc(Cl)c2)c(Cl)c1. The van der Waals surface area contributed by atoms with Gasteiger partial charge < -0.3 is 4.74 Å². The van der Waals surface area contributed by atoms with Crippen molar-refractivity contribution in [1.82, 2.24) is 0 Å². The summed E-state index contributed by atoms with van der Waals surface area (Å²) in [5, 5.41) is 1.87. The Kier molecular flexibility index (Phi) is 6.20. The molecule has 0 saturated heterocycles. The summed E-state index contributed by atoms with van der Waals surface area (Å²) in [6, 6.07) is 18.7. The molecule has 5 heteroatoms. The number of nitrogens with zero attached hydrogens (tertiary/aromatic N) is 1. The van der Waals surface area contributed by atoms with Crippen LogP contribution in [0.3, 0.4) is 0 Å². The van der Waals surface area contributed by atoms with Gasteiger partial charge in [-0.1, -0.05) is 53.0 Å². The topological polar surface area (TPSA) is 21.6 Å². The number of halogens is 3. The van der Waals surface area contributed by atoms with Gasteiger partial charge in [-0.05, 0) is 66.1 Å². The monoisotopic (exact) mass is 403 g/mol. The third kappa shape index (κ3) is 5.01. The summed E-state index contributed by atoms with van der Waals surface area (Å²) in [7, 11) is 0. The van der Waals surface area contributed by atoms with Crippen LogP contribution in [-0.4, -0.2) is 6.21 Å². The Labute approximate surface area is 168 Å². The summed E-state index contributed by atoms with van der Waals surface area (Å²) < 4.78 is 5.78. The molecule has 132 valence electrons. The third-order valence-corrected chi connectivity index (χ3v) is 4.53. The van der Waals surface area contributed by atoms with Gasteiger partial charge in [0, 0.05) is 16.3 Å². The van der Waals surface area contributed by atoms with E-state index < -0.39 is 0 Å². The molecule has 2 nitrogen and oxygen atoms in total. The summed E-state index contributed by atoms with van der Waals surface area (Å²) >= 11 is 18.3. The molecule has 0 spiro atoms. The number of aliphatic imine (C=N–C) groups is 1. The van der Waals surface area contributed by atoms with Crippen molar-refractivity contribution in [2.75, 3.05) is 0 Å². The molecule has 0 aliphatic carbocycles. The second-order valence-electron chi connectivity index (χ2n) is 5.80. The molecule has 3 rings (SSSR count). The smallest absolute Gasteiger partial charge is 0.138 e. The lowest BCUT2D eigenvalue weighted by atomic mass is 10.2. The Balaban J connectivity index is 1.71. The second kappa shape index (κ2) is 8.59. The van der Waals surface area contributed by atoms with Crippen molar-refractivity contribution >= 4 is 46.7 Å². The highest BCUT2D eigenvalue weighted by Crippen LogP contribution is 2.27. The van der Waals surface area contributed by atoms with Crippen LogP contribution in [-0.2, 0) is 6.61 Å². The van der Waals surface area contributed by atoms with Crippen LogP contribution in [0.1, 0.15) is 16.7 Å². The fourth-order valence-corrected chi connectivity index (χ4v) is 2.99. The molecule has 0 aliphatic rings. The van der Waals surface area contributed by atoms with Crippen molar-refractivity contribution < 1.29 is 4.74 Å². The van der Waals surface area contributed by atoms with E-state index in [1.165, 1.54) is 0 Å². The first-order chi connectivity index (χ1) is 12.5. The maximum atomic E-state index is 6.33. The van der Waals surface area contributed by atoms with Gasteiger partial charge in [0.15, 0.2) is 0 Å². The molecule has 0 saturated carbocycles. The van der Waals surface area contributed by atoms with Crippen molar-refractivity contribution in [2.24, 2.45) is 4.99 Å². The highest BCUT2D eigenvalue weighted by Gasteiger charge is 2.04. The van der Waals surface area contributed by atoms with Crippen LogP contribution in [0, 0.1) is 6.92 Å². The lowest BCUT2D eigenvalue weighted by Gasteiger charge is -2.09. The summed E-state index contributed by atoms with van der Waals surface area (Å²) in [4.78, 5) is 4.49. The predicted octanol–water partition coefficient (Wildman–Crippen LogP) is 7.28. The molecule has 0 unspecified atom stereocenters. The molecule has 0 fully saturated rings. The molecule has 0 radical (unpaired) electrons. The van der Waals surface area contributed by atoms with E-state index in [9.17, 15) is 0 Å². The fourth-order valence-electron chi connectivity index (χ4n) is 2.37. The van der Waals surface area contributed by atoms with Crippen LogP contribution < -0.4 is 4.74 Å². The number of rotatable bonds is 5. The van der Waals surface area contributed by atoms with Crippen molar-refractivity contribution in [1.29, 1.82) is 0 Å². The Morgan fingerprint density at radius 1 is 0.923 bits per heavy atom. The average Bonchev–Trinajstić information content (AvgIpc) is 2.62. The molecule has 0 atom stereocenters. The molecule has 0 heterocycles. The summed E-state index contributed by atoms with van der Waals surface area (Å²) in [6.45, 7) is 2.39. The normalized spacial score (nSPS) is 11.1. The minimum Gasteiger partial charge on any atom is -0.487 e. The molecule has 0 bridgehead atoms. The van der Waals surface area contributed by atoms with Gasteiger partial charge in [-0.2, -0.15) is 0 Å².